The van der Waals surface area contributed by atoms with Gasteiger partial charge in [0.15, 0.2) is 5.69 Å². The van der Waals surface area contributed by atoms with E-state index in [-0.39, 0.29) is 29.9 Å². The molecule has 2 heterocycles. The van der Waals surface area contributed by atoms with Crippen LogP contribution < -0.4 is 15.4 Å². The molecule has 3 rings (SSSR count). The van der Waals surface area contributed by atoms with Gasteiger partial charge in [0, 0.05) is 23.8 Å². The highest BCUT2D eigenvalue weighted by Gasteiger charge is 2.24. The van der Waals surface area contributed by atoms with Gasteiger partial charge in [-0.25, -0.2) is 4.98 Å². The number of methoxy groups -OCH3 is 1. The molecule has 28 heavy (non-hydrogen) atoms. The van der Waals surface area contributed by atoms with Gasteiger partial charge in [-0.15, -0.1) is 0 Å². The van der Waals surface area contributed by atoms with Crippen LogP contribution in [-0.4, -0.2) is 33.8 Å². The van der Waals surface area contributed by atoms with Gasteiger partial charge in [-0.3, -0.25) is 14.0 Å². The summed E-state index contributed by atoms with van der Waals surface area (Å²) in [5.74, 6) is 0.178. The SMILES string of the molecule is COc1ccccc1CNC(=O)c1nc(C(=O)NC(C)(C)C)n2ccccc12. The second-order valence-corrected chi connectivity index (χ2v) is 7.44. The van der Waals surface area contributed by atoms with Gasteiger partial charge < -0.3 is 15.4 Å². The number of nitrogens with zero attached hydrogens (tertiary/aromatic N) is 2. The van der Waals surface area contributed by atoms with Crippen molar-refractivity contribution in [2.75, 3.05) is 7.11 Å². The van der Waals surface area contributed by atoms with Crippen LogP contribution in [0.4, 0.5) is 0 Å². The Morgan fingerprint density at radius 2 is 1.79 bits per heavy atom. The zero-order valence-corrected chi connectivity index (χ0v) is 16.4. The van der Waals surface area contributed by atoms with Crippen LogP contribution in [-0.2, 0) is 6.54 Å². The first-order valence-corrected chi connectivity index (χ1v) is 9.00. The Bertz CT molecular complexity index is 1020. The number of hydrogen-bond acceptors (Lipinski definition) is 4. The second-order valence-electron chi connectivity index (χ2n) is 7.44. The van der Waals surface area contributed by atoms with Crippen molar-refractivity contribution < 1.29 is 14.3 Å². The molecule has 0 unspecified atom stereocenters. The first-order chi connectivity index (χ1) is 13.3. The molecule has 0 saturated carbocycles. The van der Waals surface area contributed by atoms with Crippen molar-refractivity contribution >= 4 is 17.3 Å². The van der Waals surface area contributed by atoms with Crippen molar-refractivity contribution in [1.82, 2.24) is 20.0 Å². The number of nitrogens with one attached hydrogen (secondary N) is 2. The van der Waals surface area contributed by atoms with E-state index < -0.39 is 5.54 Å². The van der Waals surface area contributed by atoms with Gasteiger partial charge in [-0.1, -0.05) is 24.3 Å². The number of benzene rings is 1. The van der Waals surface area contributed by atoms with Crippen LogP contribution in [0.25, 0.3) is 5.52 Å². The minimum atomic E-state index is -0.413. The lowest BCUT2D eigenvalue weighted by Gasteiger charge is -2.19. The van der Waals surface area contributed by atoms with Gasteiger partial charge in [0.1, 0.15) is 5.75 Å². The number of hydrogen-bond donors (Lipinski definition) is 2. The summed E-state index contributed by atoms with van der Waals surface area (Å²) >= 11 is 0. The molecule has 2 amide bonds. The molecule has 0 radical (unpaired) electrons. The third-order valence-electron chi connectivity index (χ3n) is 4.09. The van der Waals surface area contributed by atoms with E-state index >= 15 is 0 Å². The Morgan fingerprint density at radius 1 is 1.07 bits per heavy atom. The Labute approximate surface area is 163 Å². The highest BCUT2D eigenvalue weighted by molar-refractivity contribution is 6.02. The van der Waals surface area contributed by atoms with E-state index in [1.165, 1.54) is 0 Å². The number of amides is 2. The summed E-state index contributed by atoms with van der Waals surface area (Å²) in [5, 5.41) is 5.74. The summed E-state index contributed by atoms with van der Waals surface area (Å²) in [6, 6.07) is 12.8. The normalized spacial score (nSPS) is 11.3. The Balaban J connectivity index is 1.88. The van der Waals surface area contributed by atoms with Crippen LogP contribution >= 0.6 is 0 Å². The summed E-state index contributed by atoms with van der Waals surface area (Å²) < 4.78 is 6.94. The number of rotatable bonds is 5. The number of fused-ring (bicyclic) bond motifs is 1. The van der Waals surface area contributed by atoms with Crippen LogP contribution in [0.1, 0.15) is 47.4 Å². The molecular weight excluding hydrogens is 356 g/mol. The van der Waals surface area contributed by atoms with Gasteiger partial charge in [0.25, 0.3) is 11.8 Å². The number of ether oxygens (including phenoxy) is 1. The quantitative estimate of drug-likeness (QED) is 0.713. The van der Waals surface area contributed by atoms with Gasteiger partial charge >= 0.3 is 0 Å². The molecular formula is C21H24N4O3. The van der Waals surface area contributed by atoms with E-state index in [0.29, 0.717) is 11.3 Å². The Hall–Kier alpha value is -3.35. The average Bonchev–Trinajstić information content (AvgIpc) is 3.05. The molecule has 7 nitrogen and oxygen atoms in total. The summed E-state index contributed by atoms with van der Waals surface area (Å²) in [6.45, 7) is 5.96. The third kappa shape index (κ3) is 4.14. The zero-order chi connectivity index (χ0) is 20.3. The van der Waals surface area contributed by atoms with Gasteiger partial charge in [-0.05, 0) is 39.0 Å². The van der Waals surface area contributed by atoms with Crippen molar-refractivity contribution in [2.45, 2.75) is 32.9 Å². The molecule has 3 aromatic rings. The predicted molar refractivity (Wildman–Crippen MR) is 107 cm³/mol. The predicted octanol–water partition coefficient (Wildman–Crippen LogP) is 2.80. The van der Waals surface area contributed by atoms with E-state index in [0.717, 1.165) is 5.56 Å². The average molecular weight is 380 g/mol. The monoisotopic (exact) mass is 380 g/mol. The van der Waals surface area contributed by atoms with E-state index in [1.807, 2.05) is 45.0 Å². The van der Waals surface area contributed by atoms with Crippen LogP contribution in [0.15, 0.2) is 48.7 Å². The molecule has 2 N–H and O–H groups in total. The fourth-order valence-corrected chi connectivity index (χ4v) is 2.87. The summed E-state index contributed by atoms with van der Waals surface area (Å²) in [4.78, 5) is 29.8. The van der Waals surface area contributed by atoms with Gasteiger partial charge in [0.05, 0.1) is 12.6 Å². The summed E-state index contributed by atoms with van der Waals surface area (Å²) in [6.07, 6.45) is 1.72. The second kappa shape index (κ2) is 7.72. The zero-order valence-electron chi connectivity index (χ0n) is 16.4. The minimum absolute atomic E-state index is 0.174. The molecule has 146 valence electrons. The van der Waals surface area contributed by atoms with Crippen LogP contribution in [0.3, 0.4) is 0 Å². The van der Waals surface area contributed by atoms with Crippen molar-refractivity contribution in [3.63, 3.8) is 0 Å². The Kier molecular flexibility index (Phi) is 5.35. The van der Waals surface area contributed by atoms with E-state index in [1.54, 1.807) is 35.9 Å². The smallest absolute Gasteiger partial charge is 0.288 e. The van der Waals surface area contributed by atoms with Crippen LogP contribution in [0.5, 0.6) is 5.75 Å². The van der Waals surface area contributed by atoms with Gasteiger partial charge in [0.2, 0.25) is 5.82 Å². The number of aromatic nitrogens is 2. The summed E-state index contributed by atoms with van der Waals surface area (Å²) in [7, 11) is 1.59. The first-order valence-electron chi connectivity index (χ1n) is 9.00. The molecule has 0 bridgehead atoms. The lowest BCUT2D eigenvalue weighted by molar-refractivity contribution is 0.0908. The van der Waals surface area contributed by atoms with Crippen LogP contribution in [0.2, 0.25) is 0 Å². The molecule has 0 aliphatic heterocycles. The first kappa shape index (κ1) is 19.4. The number of para-hydroxylation sites is 1. The van der Waals surface area contributed by atoms with Crippen molar-refractivity contribution in [3.05, 3.63) is 65.7 Å². The largest absolute Gasteiger partial charge is 0.496 e. The van der Waals surface area contributed by atoms with Gasteiger partial charge in [-0.2, -0.15) is 0 Å². The highest BCUT2D eigenvalue weighted by Crippen LogP contribution is 2.18. The summed E-state index contributed by atoms with van der Waals surface area (Å²) in [5.41, 5.74) is 1.21. The van der Waals surface area contributed by atoms with E-state index in [9.17, 15) is 9.59 Å². The molecule has 0 aliphatic rings. The molecule has 0 fully saturated rings. The molecule has 1 aromatic carbocycles. The van der Waals surface area contributed by atoms with Crippen molar-refractivity contribution in [2.24, 2.45) is 0 Å². The lowest BCUT2D eigenvalue weighted by atomic mass is 10.1. The maximum Gasteiger partial charge on any atom is 0.288 e. The number of pyridine rings is 1. The van der Waals surface area contributed by atoms with E-state index in [4.69, 9.17) is 4.74 Å². The minimum Gasteiger partial charge on any atom is -0.496 e. The van der Waals surface area contributed by atoms with Crippen molar-refractivity contribution in [3.8, 4) is 5.75 Å². The fourth-order valence-electron chi connectivity index (χ4n) is 2.87. The number of carbonyl (C=O) groups excluding carboxylic acids is 2. The molecule has 2 aromatic heterocycles. The van der Waals surface area contributed by atoms with E-state index in [2.05, 4.69) is 15.6 Å². The standard InChI is InChI=1S/C21H24N4O3/c1-21(2,3)24-20(27)18-23-17(15-10-7-8-12-25(15)18)19(26)22-13-14-9-5-6-11-16(14)28-4/h5-12H,13H2,1-4H3,(H,22,26)(H,24,27). The number of imidazole rings is 1. The number of carbonyl (C=O) groups is 2. The fraction of sp³-hybridized carbons (Fsp3) is 0.286. The molecule has 7 heteroatoms. The molecule has 0 saturated heterocycles. The highest BCUT2D eigenvalue weighted by atomic mass is 16.5. The molecule has 0 spiro atoms. The lowest BCUT2D eigenvalue weighted by Crippen LogP contribution is -2.41. The third-order valence-corrected chi connectivity index (χ3v) is 4.09. The maximum absolute atomic E-state index is 12.8. The molecule has 0 atom stereocenters. The topological polar surface area (TPSA) is 84.7 Å². The van der Waals surface area contributed by atoms with Crippen molar-refractivity contribution in [1.29, 1.82) is 0 Å². The Morgan fingerprint density at radius 3 is 2.50 bits per heavy atom. The maximum atomic E-state index is 12.8. The molecule has 0 aliphatic carbocycles. The van der Waals surface area contributed by atoms with Crippen LogP contribution in [0, 0.1) is 0 Å².